The Morgan fingerprint density at radius 1 is 0.875 bits per heavy atom. The van der Waals surface area contributed by atoms with Gasteiger partial charge in [0, 0.05) is 0 Å². The fraction of sp³-hybridized carbons (Fsp3) is 0.467. The number of benzene rings is 2. The van der Waals surface area contributed by atoms with E-state index in [0.29, 0.717) is 25.7 Å². The molecule has 2 aromatic carbocycles. The lowest BCUT2D eigenvalue weighted by Crippen LogP contribution is -2.23. The van der Waals surface area contributed by atoms with Crippen LogP contribution in [-0.2, 0) is 23.4 Å². The summed E-state index contributed by atoms with van der Waals surface area (Å²) < 4.78 is 12.2. The zero-order valence-corrected chi connectivity index (χ0v) is 20.6. The molecule has 0 aromatic heterocycles. The van der Waals surface area contributed by atoms with Gasteiger partial charge >= 0.3 is 0 Å². The topological polar surface area (TPSA) is 18.5 Å². The second-order valence-corrected chi connectivity index (χ2v) is 10.8. The van der Waals surface area contributed by atoms with Gasteiger partial charge in [0.2, 0.25) is 0 Å². The first-order chi connectivity index (χ1) is 15.2. The molecule has 1 atom stereocenters. The number of allylic oxidation sites excluding steroid dienone is 3. The lowest BCUT2D eigenvalue weighted by Gasteiger charge is -2.31. The highest BCUT2D eigenvalue weighted by molar-refractivity contribution is 5.44. The van der Waals surface area contributed by atoms with E-state index >= 15 is 0 Å². The monoisotopic (exact) mass is 430 g/mol. The van der Waals surface area contributed by atoms with Crippen LogP contribution in [0.4, 0.5) is 0 Å². The first kappa shape index (κ1) is 22.9. The molecule has 3 aliphatic heterocycles. The van der Waals surface area contributed by atoms with Crippen molar-refractivity contribution in [1.29, 1.82) is 0 Å². The van der Waals surface area contributed by atoms with Crippen LogP contribution in [0.2, 0.25) is 0 Å². The predicted molar refractivity (Wildman–Crippen MR) is 133 cm³/mol. The van der Waals surface area contributed by atoms with Crippen LogP contribution in [0.15, 0.2) is 65.8 Å². The van der Waals surface area contributed by atoms with E-state index in [9.17, 15) is 0 Å². The summed E-state index contributed by atoms with van der Waals surface area (Å²) in [6.45, 7) is 15.8. The van der Waals surface area contributed by atoms with Crippen LogP contribution in [-0.4, -0.2) is 6.61 Å². The lowest BCUT2D eigenvalue weighted by molar-refractivity contribution is 0.148. The Bertz CT molecular complexity index is 1020. The van der Waals surface area contributed by atoms with Crippen molar-refractivity contribution in [3.63, 3.8) is 0 Å². The molecule has 0 amide bonds. The molecule has 2 nitrogen and oxygen atoms in total. The summed E-state index contributed by atoms with van der Waals surface area (Å²) in [5.74, 6) is 1.47. The van der Waals surface area contributed by atoms with Crippen LogP contribution in [0.3, 0.4) is 0 Å². The van der Waals surface area contributed by atoms with Crippen molar-refractivity contribution >= 4 is 0 Å². The minimum absolute atomic E-state index is 0.0765. The maximum Gasteiger partial charge on any atom is 0.120 e. The van der Waals surface area contributed by atoms with Crippen LogP contribution in [0.25, 0.3) is 0 Å². The fourth-order valence-electron chi connectivity index (χ4n) is 5.90. The van der Waals surface area contributed by atoms with E-state index in [2.05, 4.69) is 96.2 Å². The molecule has 0 saturated heterocycles. The molecule has 1 saturated carbocycles. The molecule has 1 fully saturated rings. The van der Waals surface area contributed by atoms with E-state index in [-0.39, 0.29) is 10.8 Å². The summed E-state index contributed by atoms with van der Waals surface area (Å²) >= 11 is 0. The SMILES string of the molecule is C/C=C1\C2=C/COCc3ccc(cc3)COc3ccc(c(C)c3)C(C)(C)CC2CC1(C)C. The Labute approximate surface area is 194 Å². The van der Waals surface area contributed by atoms with Crippen LogP contribution < -0.4 is 4.74 Å². The number of fused-ring (bicyclic) bond motifs is 2. The summed E-state index contributed by atoms with van der Waals surface area (Å²) in [6, 6.07) is 15.2. The summed E-state index contributed by atoms with van der Waals surface area (Å²) in [5, 5.41) is 0. The number of ether oxygens (including phenoxy) is 2. The molecule has 1 unspecified atom stereocenters. The minimum atomic E-state index is 0.0765. The summed E-state index contributed by atoms with van der Waals surface area (Å²) in [5.41, 5.74) is 8.34. The number of aryl methyl sites for hydroxylation is 1. The van der Waals surface area contributed by atoms with E-state index in [1.807, 2.05) is 0 Å². The zero-order chi connectivity index (χ0) is 22.9. The van der Waals surface area contributed by atoms with Gasteiger partial charge in [-0.05, 0) is 89.0 Å². The molecule has 2 heteroatoms. The van der Waals surface area contributed by atoms with Gasteiger partial charge in [-0.2, -0.15) is 0 Å². The van der Waals surface area contributed by atoms with Crippen LogP contribution >= 0.6 is 0 Å². The third kappa shape index (κ3) is 4.71. The molecule has 0 spiro atoms. The van der Waals surface area contributed by atoms with Gasteiger partial charge in [0.05, 0.1) is 13.2 Å². The summed E-state index contributed by atoms with van der Waals surface area (Å²) in [4.78, 5) is 0. The highest BCUT2D eigenvalue weighted by Gasteiger charge is 2.41. The average molecular weight is 431 g/mol. The smallest absolute Gasteiger partial charge is 0.120 e. The van der Waals surface area contributed by atoms with Crippen molar-refractivity contribution in [2.24, 2.45) is 11.3 Å². The highest BCUT2D eigenvalue weighted by atomic mass is 16.5. The molecule has 1 aliphatic carbocycles. The van der Waals surface area contributed by atoms with E-state index in [1.165, 1.54) is 39.8 Å². The van der Waals surface area contributed by atoms with Gasteiger partial charge in [0.15, 0.2) is 0 Å². The van der Waals surface area contributed by atoms with Crippen LogP contribution in [0, 0.1) is 18.3 Å². The van der Waals surface area contributed by atoms with Crippen molar-refractivity contribution < 1.29 is 9.47 Å². The quantitative estimate of drug-likeness (QED) is 0.426. The van der Waals surface area contributed by atoms with Crippen LogP contribution in [0.1, 0.15) is 69.7 Å². The minimum Gasteiger partial charge on any atom is -0.489 e. The third-order valence-electron chi connectivity index (χ3n) is 7.33. The molecular weight excluding hydrogens is 392 g/mol. The Morgan fingerprint density at radius 3 is 2.19 bits per heavy atom. The zero-order valence-electron chi connectivity index (χ0n) is 20.6. The van der Waals surface area contributed by atoms with Gasteiger partial charge in [-0.15, -0.1) is 0 Å². The second-order valence-electron chi connectivity index (χ2n) is 10.8. The molecule has 2 aromatic rings. The van der Waals surface area contributed by atoms with Crippen molar-refractivity contribution in [3.8, 4) is 5.75 Å². The highest BCUT2D eigenvalue weighted by Crippen LogP contribution is 2.53. The van der Waals surface area contributed by atoms with Crippen molar-refractivity contribution in [3.05, 3.63) is 88.0 Å². The Morgan fingerprint density at radius 2 is 1.53 bits per heavy atom. The lowest BCUT2D eigenvalue weighted by atomic mass is 9.73. The second kappa shape index (κ2) is 8.90. The largest absolute Gasteiger partial charge is 0.489 e. The first-order valence-corrected chi connectivity index (χ1v) is 12.0. The number of hydrogen-bond acceptors (Lipinski definition) is 2. The van der Waals surface area contributed by atoms with Crippen molar-refractivity contribution in [2.45, 2.75) is 73.0 Å². The van der Waals surface area contributed by atoms with Gasteiger partial charge in [-0.3, -0.25) is 0 Å². The molecule has 170 valence electrons. The molecule has 6 rings (SSSR count). The first-order valence-electron chi connectivity index (χ1n) is 12.0. The van der Waals surface area contributed by atoms with Crippen molar-refractivity contribution in [1.82, 2.24) is 0 Å². The van der Waals surface area contributed by atoms with Gasteiger partial charge in [-0.1, -0.05) is 70.2 Å². The average Bonchev–Trinajstić information content (AvgIpc) is 2.97. The van der Waals surface area contributed by atoms with Gasteiger partial charge < -0.3 is 9.47 Å². The fourth-order valence-corrected chi connectivity index (χ4v) is 5.90. The third-order valence-corrected chi connectivity index (χ3v) is 7.33. The molecular formula is C30H38O2. The molecule has 4 aliphatic rings. The molecule has 3 heterocycles. The number of hydrogen-bond donors (Lipinski definition) is 0. The molecule has 32 heavy (non-hydrogen) atoms. The normalized spacial score (nSPS) is 25.5. The molecule has 0 N–H and O–H groups in total. The standard InChI is InChI=1S/C30H38O2/c1-7-27-26-14-15-31-19-22-8-10-23(11-9-22)20-32-25-12-13-28(21(2)16-25)30(5,6)18-24(26)17-29(27,3)4/h7-14,16,24H,15,17-20H2,1-6H3/b26-14-,27-7+. The van der Waals surface area contributed by atoms with E-state index < -0.39 is 0 Å². The Hall–Kier alpha value is -2.32. The van der Waals surface area contributed by atoms with Gasteiger partial charge in [0.25, 0.3) is 0 Å². The Balaban J connectivity index is 1.73. The van der Waals surface area contributed by atoms with Crippen molar-refractivity contribution in [2.75, 3.05) is 6.61 Å². The van der Waals surface area contributed by atoms with E-state index in [0.717, 1.165) is 12.2 Å². The van der Waals surface area contributed by atoms with Gasteiger partial charge in [-0.25, -0.2) is 0 Å². The summed E-state index contributed by atoms with van der Waals surface area (Å²) in [6.07, 6.45) is 6.98. The van der Waals surface area contributed by atoms with E-state index in [4.69, 9.17) is 9.47 Å². The predicted octanol–water partition coefficient (Wildman–Crippen LogP) is 7.69. The Kier molecular flexibility index (Phi) is 6.36. The molecule has 0 radical (unpaired) electrons. The van der Waals surface area contributed by atoms with E-state index in [1.54, 1.807) is 0 Å². The van der Waals surface area contributed by atoms with Crippen LogP contribution in [0.5, 0.6) is 5.75 Å². The summed E-state index contributed by atoms with van der Waals surface area (Å²) in [7, 11) is 0. The maximum absolute atomic E-state index is 6.11. The maximum atomic E-state index is 6.11. The molecule has 4 bridgehead atoms. The number of rotatable bonds is 0. The van der Waals surface area contributed by atoms with Gasteiger partial charge in [0.1, 0.15) is 12.4 Å².